The zero-order chi connectivity index (χ0) is 14.4. The van der Waals surface area contributed by atoms with Crippen LogP contribution in [0.3, 0.4) is 0 Å². The molecule has 1 fully saturated rings. The van der Waals surface area contributed by atoms with Crippen LogP contribution in [0.4, 0.5) is 5.69 Å². The van der Waals surface area contributed by atoms with Crippen LogP contribution in [-0.2, 0) is 16.1 Å². The van der Waals surface area contributed by atoms with E-state index in [0.717, 1.165) is 18.8 Å². The Hall–Kier alpha value is -1.69. The molecule has 0 amide bonds. The van der Waals surface area contributed by atoms with Crippen LogP contribution in [0.1, 0.15) is 26.2 Å². The Balaban J connectivity index is 1.95. The van der Waals surface area contributed by atoms with E-state index in [0.29, 0.717) is 39.0 Å². The number of aryl methyl sites for hydroxylation is 1. The van der Waals surface area contributed by atoms with Crippen LogP contribution in [0.2, 0.25) is 0 Å². The number of Topliss-reactive ketones (excluding diaryl/α,β-unsaturated/α-hetero) is 1. The van der Waals surface area contributed by atoms with Gasteiger partial charge in [-0.2, -0.15) is 5.10 Å². The number of carbonyl (C=O) groups excluding carboxylic acids is 1. The summed E-state index contributed by atoms with van der Waals surface area (Å²) in [7, 11) is 0. The number of hydrogen-bond donors (Lipinski definition) is 0. The maximum Gasteiger partial charge on any atom is 0.268 e. The molecule has 20 heavy (non-hydrogen) atoms. The average molecular weight is 279 g/mol. The second-order valence-electron chi connectivity index (χ2n) is 4.87. The topological polar surface area (TPSA) is 64.4 Å². The number of nitrogens with zero attached hydrogens (tertiary/aromatic N) is 3. The Labute approximate surface area is 118 Å². The molecule has 0 bridgehead atoms. The van der Waals surface area contributed by atoms with Gasteiger partial charge in [0.1, 0.15) is 5.78 Å². The van der Waals surface area contributed by atoms with Gasteiger partial charge in [0.2, 0.25) is 0 Å². The SMILES string of the molecule is CCC(=O)CCCn1ncc(N2CCOCC2)cc1=O. The van der Waals surface area contributed by atoms with Crippen molar-refractivity contribution in [2.24, 2.45) is 0 Å². The van der Waals surface area contributed by atoms with E-state index in [1.807, 2.05) is 6.92 Å². The molecule has 6 heteroatoms. The third kappa shape index (κ3) is 3.90. The number of carbonyl (C=O) groups is 1. The number of ketones is 1. The van der Waals surface area contributed by atoms with Gasteiger partial charge in [0.15, 0.2) is 0 Å². The summed E-state index contributed by atoms with van der Waals surface area (Å²) >= 11 is 0. The summed E-state index contributed by atoms with van der Waals surface area (Å²) in [6, 6.07) is 1.61. The zero-order valence-electron chi connectivity index (χ0n) is 11.9. The van der Waals surface area contributed by atoms with Gasteiger partial charge < -0.3 is 9.64 Å². The lowest BCUT2D eigenvalue weighted by Crippen LogP contribution is -2.37. The maximum atomic E-state index is 12.0. The fraction of sp³-hybridized carbons (Fsp3) is 0.643. The van der Waals surface area contributed by atoms with E-state index in [9.17, 15) is 9.59 Å². The van der Waals surface area contributed by atoms with Crippen molar-refractivity contribution >= 4 is 11.5 Å². The zero-order valence-corrected chi connectivity index (χ0v) is 11.9. The van der Waals surface area contributed by atoms with E-state index in [4.69, 9.17) is 4.74 Å². The van der Waals surface area contributed by atoms with Gasteiger partial charge in [-0.25, -0.2) is 4.68 Å². The normalized spacial score (nSPS) is 15.3. The minimum absolute atomic E-state index is 0.113. The maximum absolute atomic E-state index is 12.0. The third-order valence-corrected chi connectivity index (χ3v) is 3.45. The monoisotopic (exact) mass is 279 g/mol. The molecule has 2 heterocycles. The molecule has 1 saturated heterocycles. The molecule has 110 valence electrons. The van der Waals surface area contributed by atoms with Crippen molar-refractivity contribution in [3.05, 3.63) is 22.6 Å². The first kappa shape index (κ1) is 14.7. The van der Waals surface area contributed by atoms with E-state index < -0.39 is 0 Å². The van der Waals surface area contributed by atoms with Crippen molar-refractivity contribution in [3.63, 3.8) is 0 Å². The molecule has 0 aromatic carbocycles. The van der Waals surface area contributed by atoms with Crippen LogP contribution >= 0.6 is 0 Å². The summed E-state index contributed by atoms with van der Waals surface area (Å²) in [5, 5.41) is 4.19. The Morgan fingerprint density at radius 3 is 2.80 bits per heavy atom. The van der Waals surface area contributed by atoms with Crippen molar-refractivity contribution in [3.8, 4) is 0 Å². The highest BCUT2D eigenvalue weighted by atomic mass is 16.5. The highest BCUT2D eigenvalue weighted by Crippen LogP contribution is 2.11. The molecule has 2 rings (SSSR count). The van der Waals surface area contributed by atoms with Gasteiger partial charge in [0, 0.05) is 38.5 Å². The Morgan fingerprint density at radius 2 is 2.15 bits per heavy atom. The molecule has 0 N–H and O–H groups in total. The Bertz CT molecular complexity index is 507. The lowest BCUT2D eigenvalue weighted by molar-refractivity contribution is -0.118. The fourth-order valence-electron chi connectivity index (χ4n) is 2.19. The van der Waals surface area contributed by atoms with Gasteiger partial charge in [-0.15, -0.1) is 0 Å². The molecular formula is C14H21N3O3. The van der Waals surface area contributed by atoms with Crippen LogP contribution in [0.25, 0.3) is 0 Å². The largest absolute Gasteiger partial charge is 0.378 e. The summed E-state index contributed by atoms with van der Waals surface area (Å²) in [6.07, 6.45) is 3.44. The first-order chi connectivity index (χ1) is 9.70. The van der Waals surface area contributed by atoms with Crippen molar-refractivity contribution in [1.82, 2.24) is 9.78 Å². The van der Waals surface area contributed by atoms with E-state index in [-0.39, 0.29) is 11.3 Å². The van der Waals surface area contributed by atoms with Crippen molar-refractivity contribution in [1.29, 1.82) is 0 Å². The summed E-state index contributed by atoms with van der Waals surface area (Å²) in [6.45, 7) is 5.29. The molecule has 0 aliphatic carbocycles. The number of rotatable bonds is 6. The molecule has 1 aliphatic rings. The highest BCUT2D eigenvalue weighted by Gasteiger charge is 2.12. The van der Waals surface area contributed by atoms with E-state index in [2.05, 4.69) is 10.00 Å². The highest BCUT2D eigenvalue weighted by molar-refractivity contribution is 5.77. The molecule has 1 aromatic heterocycles. The number of hydrogen-bond acceptors (Lipinski definition) is 5. The Kier molecular flexibility index (Phi) is 5.29. The van der Waals surface area contributed by atoms with Gasteiger partial charge in [-0.1, -0.05) is 6.92 Å². The fourth-order valence-corrected chi connectivity index (χ4v) is 2.19. The molecule has 0 radical (unpaired) electrons. The number of anilines is 1. The Morgan fingerprint density at radius 1 is 1.40 bits per heavy atom. The van der Waals surface area contributed by atoms with Crippen LogP contribution < -0.4 is 10.5 Å². The predicted octanol–water partition coefficient (Wildman–Crippen LogP) is 0.839. The molecule has 0 saturated carbocycles. The number of ether oxygens (including phenoxy) is 1. The number of aromatic nitrogens is 2. The quantitative estimate of drug-likeness (QED) is 0.772. The van der Waals surface area contributed by atoms with Crippen molar-refractivity contribution in [2.75, 3.05) is 31.2 Å². The van der Waals surface area contributed by atoms with Crippen molar-refractivity contribution < 1.29 is 9.53 Å². The molecular weight excluding hydrogens is 258 g/mol. The van der Waals surface area contributed by atoms with E-state index in [1.54, 1.807) is 12.3 Å². The van der Waals surface area contributed by atoms with Crippen molar-refractivity contribution in [2.45, 2.75) is 32.7 Å². The second kappa shape index (κ2) is 7.19. The summed E-state index contributed by atoms with van der Waals surface area (Å²) in [5.41, 5.74) is 0.733. The average Bonchev–Trinajstić information content (AvgIpc) is 2.49. The standard InChI is InChI=1S/C14H21N3O3/c1-2-13(18)4-3-5-17-14(19)10-12(11-15-17)16-6-8-20-9-7-16/h10-11H,2-9H2,1H3. The van der Waals surface area contributed by atoms with Crippen LogP contribution in [-0.4, -0.2) is 41.9 Å². The van der Waals surface area contributed by atoms with Crippen LogP contribution in [0, 0.1) is 0 Å². The minimum Gasteiger partial charge on any atom is -0.378 e. The molecule has 1 aromatic rings. The van der Waals surface area contributed by atoms with Crippen LogP contribution in [0.5, 0.6) is 0 Å². The first-order valence-electron chi connectivity index (χ1n) is 7.12. The summed E-state index contributed by atoms with van der Waals surface area (Å²) in [4.78, 5) is 25.3. The van der Waals surface area contributed by atoms with E-state index in [1.165, 1.54) is 4.68 Å². The lowest BCUT2D eigenvalue weighted by Gasteiger charge is -2.28. The molecule has 0 unspecified atom stereocenters. The first-order valence-corrected chi connectivity index (χ1v) is 7.12. The number of morpholine rings is 1. The summed E-state index contributed by atoms with van der Waals surface area (Å²) in [5.74, 6) is 0.225. The van der Waals surface area contributed by atoms with Crippen LogP contribution in [0.15, 0.2) is 17.1 Å². The van der Waals surface area contributed by atoms with Gasteiger partial charge in [-0.05, 0) is 6.42 Å². The van der Waals surface area contributed by atoms with Gasteiger partial charge in [-0.3, -0.25) is 9.59 Å². The van der Waals surface area contributed by atoms with E-state index >= 15 is 0 Å². The van der Waals surface area contributed by atoms with Gasteiger partial charge >= 0.3 is 0 Å². The lowest BCUT2D eigenvalue weighted by atomic mass is 10.2. The third-order valence-electron chi connectivity index (χ3n) is 3.45. The second-order valence-corrected chi connectivity index (χ2v) is 4.87. The van der Waals surface area contributed by atoms with Gasteiger partial charge in [0.25, 0.3) is 5.56 Å². The molecule has 1 aliphatic heterocycles. The molecule has 6 nitrogen and oxygen atoms in total. The predicted molar refractivity (Wildman–Crippen MR) is 76.1 cm³/mol. The summed E-state index contributed by atoms with van der Waals surface area (Å²) < 4.78 is 6.71. The molecule has 0 atom stereocenters. The molecule has 0 spiro atoms. The van der Waals surface area contributed by atoms with Gasteiger partial charge in [0.05, 0.1) is 25.1 Å². The minimum atomic E-state index is -0.113. The smallest absolute Gasteiger partial charge is 0.268 e.